The summed E-state index contributed by atoms with van der Waals surface area (Å²) < 4.78 is 10.5. The van der Waals surface area contributed by atoms with Crippen molar-refractivity contribution in [2.24, 2.45) is 0 Å². The van der Waals surface area contributed by atoms with Crippen LogP contribution in [0.1, 0.15) is 24.3 Å². The summed E-state index contributed by atoms with van der Waals surface area (Å²) in [5, 5.41) is 0. The van der Waals surface area contributed by atoms with Crippen LogP contribution in [0.4, 0.5) is 0 Å². The maximum Gasteiger partial charge on any atom is 0.315 e. The zero-order chi connectivity index (χ0) is 11.4. The van der Waals surface area contributed by atoms with Gasteiger partial charge in [-0.1, -0.05) is 30.3 Å². The molecule has 2 rings (SSSR count). The molecule has 2 atom stereocenters. The zero-order valence-corrected chi connectivity index (χ0v) is 9.39. The second-order valence-corrected chi connectivity index (χ2v) is 3.96. The van der Waals surface area contributed by atoms with Gasteiger partial charge in [0.25, 0.3) is 0 Å². The summed E-state index contributed by atoms with van der Waals surface area (Å²) in [6.07, 6.45) is 1.91. The lowest BCUT2D eigenvalue weighted by Crippen LogP contribution is -2.26. The van der Waals surface area contributed by atoms with Crippen LogP contribution in [-0.2, 0) is 14.3 Å². The molecule has 0 radical (unpaired) electrons. The molecular weight excluding hydrogens is 204 g/mol. The number of rotatable bonds is 3. The van der Waals surface area contributed by atoms with E-state index in [0.717, 1.165) is 25.0 Å². The smallest absolute Gasteiger partial charge is 0.315 e. The fourth-order valence-corrected chi connectivity index (χ4v) is 2.16. The van der Waals surface area contributed by atoms with E-state index >= 15 is 0 Å². The Hall–Kier alpha value is -1.35. The average molecular weight is 220 g/mol. The Morgan fingerprint density at radius 3 is 2.75 bits per heavy atom. The number of ether oxygens (including phenoxy) is 2. The SMILES string of the molecule is COC(=O)[C@H](c1ccccc1)[C@@H]1CCCO1. The Labute approximate surface area is 95.4 Å². The minimum Gasteiger partial charge on any atom is -0.468 e. The van der Waals surface area contributed by atoms with E-state index in [4.69, 9.17) is 9.47 Å². The highest BCUT2D eigenvalue weighted by atomic mass is 16.5. The van der Waals surface area contributed by atoms with Gasteiger partial charge in [-0.2, -0.15) is 0 Å². The first kappa shape index (κ1) is 11.1. The molecule has 0 spiro atoms. The number of benzene rings is 1. The molecule has 0 saturated carbocycles. The van der Waals surface area contributed by atoms with E-state index in [2.05, 4.69) is 0 Å². The van der Waals surface area contributed by atoms with Gasteiger partial charge in [-0.3, -0.25) is 4.79 Å². The highest BCUT2D eigenvalue weighted by Gasteiger charge is 2.33. The summed E-state index contributed by atoms with van der Waals surface area (Å²) in [7, 11) is 1.42. The van der Waals surface area contributed by atoms with Crippen LogP contribution in [0.15, 0.2) is 30.3 Å². The van der Waals surface area contributed by atoms with E-state index in [1.165, 1.54) is 7.11 Å². The molecular formula is C13H16O3. The second kappa shape index (κ2) is 5.12. The molecule has 16 heavy (non-hydrogen) atoms. The maximum absolute atomic E-state index is 11.8. The fraction of sp³-hybridized carbons (Fsp3) is 0.462. The molecule has 0 aliphatic carbocycles. The van der Waals surface area contributed by atoms with Crippen LogP contribution in [0, 0.1) is 0 Å². The van der Waals surface area contributed by atoms with Gasteiger partial charge in [-0.05, 0) is 18.4 Å². The Morgan fingerprint density at radius 1 is 1.44 bits per heavy atom. The molecule has 1 saturated heterocycles. The molecule has 0 bridgehead atoms. The van der Waals surface area contributed by atoms with Crippen LogP contribution >= 0.6 is 0 Å². The number of methoxy groups -OCH3 is 1. The van der Waals surface area contributed by atoms with E-state index < -0.39 is 0 Å². The van der Waals surface area contributed by atoms with Gasteiger partial charge in [-0.15, -0.1) is 0 Å². The first-order chi connectivity index (χ1) is 7.83. The number of carbonyl (C=O) groups excluding carboxylic acids is 1. The lowest BCUT2D eigenvalue weighted by molar-refractivity contribution is -0.145. The molecule has 3 nitrogen and oxygen atoms in total. The third kappa shape index (κ3) is 2.25. The van der Waals surface area contributed by atoms with Crippen molar-refractivity contribution in [3.8, 4) is 0 Å². The molecule has 1 aromatic rings. The Bertz CT molecular complexity index is 341. The van der Waals surface area contributed by atoms with Crippen molar-refractivity contribution in [3.05, 3.63) is 35.9 Å². The predicted molar refractivity (Wildman–Crippen MR) is 60.2 cm³/mol. The molecule has 0 unspecified atom stereocenters. The molecule has 1 aliphatic heterocycles. The standard InChI is InChI=1S/C13H16O3/c1-15-13(14)12(11-8-5-9-16-11)10-6-3-2-4-7-10/h2-4,6-7,11-12H,5,8-9H2,1H3/t11-,12+/m0/s1. The monoisotopic (exact) mass is 220 g/mol. The molecule has 1 aromatic carbocycles. The Morgan fingerprint density at radius 2 is 2.19 bits per heavy atom. The zero-order valence-electron chi connectivity index (χ0n) is 9.39. The van der Waals surface area contributed by atoms with Gasteiger partial charge in [-0.25, -0.2) is 0 Å². The Kier molecular flexibility index (Phi) is 3.57. The summed E-state index contributed by atoms with van der Waals surface area (Å²) in [4.78, 5) is 11.8. The van der Waals surface area contributed by atoms with Gasteiger partial charge in [0.2, 0.25) is 0 Å². The molecule has 1 aliphatic rings. The molecule has 1 heterocycles. The molecule has 3 heteroatoms. The minimum absolute atomic E-state index is 0.0325. The van der Waals surface area contributed by atoms with Gasteiger partial charge in [0.1, 0.15) is 5.92 Å². The van der Waals surface area contributed by atoms with Crippen LogP contribution in [-0.4, -0.2) is 25.8 Å². The molecule has 86 valence electrons. The van der Waals surface area contributed by atoms with E-state index in [0.29, 0.717) is 0 Å². The average Bonchev–Trinajstić information content (AvgIpc) is 2.84. The van der Waals surface area contributed by atoms with Crippen molar-refractivity contribution >= 4 is 5.97 Å². The van der Waals surface area contributed by atoms with Gasteiger partial charge in [0.05, 0.1) is 13.2 Å². The second-order valence-electron chi connectivity index (χ2n) is 3.96. The van der Waals surface area contributed by atoms with Crippen molar-refractivity contribution in [3.63, 3.8) is 0 Å². The third-order valence-corrected chi connectivity index (χ3v) is 2.95. The predicted octanol–water partition coefficient (Wildman–Crippen LogP) is 2.12. The lowest BCUT2D eigenvalue weighted by Gasteiger charge is -2.20. The summed E-state index contributed by atoms with van der Waals surface area (Å²) >= 11 is 0. The van der Waals surface area contributed by atoms with Crippen LogP contribution in [0.5, 0.6) is 0 Å². The highest BCUT2D eigenvalue weighted by molar-refractivity contribution is 5.78. The third-order valence-electron chi connectivity index (χ3n) is 2.95. The van der Waals surface area contributed by atoms with Crippen molar-refractivity contribution in [2.75, 3.05) is 13.7 Å². The van der Waals surface area contributed by atoms with Gasteiger partial charge >= 0.3 is 5.97 Å². The van der Waals surface area contributed by atoms with Gasteiger partial charge in [0.15, 0.2) is 0 Å². The van der Waals surface area contributed by atoms with Gasteiger partial charge in [0, 0.05) is 6.61 Å². The normalized spacial score (nSPS) is 21.7. The summed E-state index contributed by atoms with van der Waals surface area (Å²) in [5.74, 6) is -0.494. The molecule has 0 aromatic heterocycles. The van der Waals surface area contributed by atoms with Crippen molar-refractivity contribution < 1.29 is 14.3 Å². The highest BCUT2D eigenvalue weighted by Crippen LogP contribution is 2.29. The summed E-state index contributed by atoms with van der Waals surface area (Å²) in [6, 6.07) is 9.69. The minimum atomic E-state index is -0.284. The molecule has 1 fully saturated rings. The maximum atomic E-state index is 11.8. The lowest BCUT2D eigenvalue weighted by atomic mass is 9.92. The number of esters is 1. The summed E-state index contributed by atoms with van der Waals surface area (Å²) in [6.45, 7) is 0.741. The molecule has 0 amide bonds. The van der Waals surface area contributed by atoms with E-state index in [-0.39, 0.29) is 18.0 Å². The van der Waals surface area contributed by atoms with Crippen LogP contribution < -0.4 is 0 Å². The Balaban J connectivity index is 2.24. The largest absolute Gasteiger partial charge is 0.468 e. The van der Waals surface area contributed by atoms with Crippen molar-refractivity contribution in [1.29, 1.82) is 0 Å². The molecule has 0 N–H and O–H groups in total. The van der Waals surface area contributed by atoms with E-state index in [1.807, 2.05) is 30.3 Å². The topological polar surface area (TPSA) is 35.5 Å². The van der Waals surface area contributed by atoms with Crippen molar-refractivity contribution in [1.82, 2.24) is 0 Å². The number of hydrogen-bond donors (Lipinski definition) is 0. The fourth-order valence-electron chi connectivity index (χ4n) is 2.16. The van der Waals surface area contributed by atoms with Crippen molar-refractivity contribution in [2.45, 2.75) is 24.9 Å². The van der Waals surface area contributed by atoms with E-state index in [1.54, 1.807) is 0 Å². The van der Waals surface area contributed by atoms with Gasteiger partial charge < -0.3 is 9.47 Å². The van der Waals surface area contributed by atoms with Crippen LogP contribution in [0.25, 0.3) is 0 Å². The first-order valence-electron chi connectivity index (χ1n) is 5.57. The van der Waals surface area contributed by atoms with E-state index in [9.17, 15) is 4.79 Å². The van der Waals surface area contributed by atoms with Crippen LogP contribution in [0.2, 0.25) is 0 Å². The van der Waals surface area contributed by atoms with Crippen LogP contribution in [0.3, 0.4) is 0 Å². The number of hydrogen-bond acceptors (Lipinski definition) is 3. The quantitative estimate of drug-likeness (QED) is 0.732. The first-order valence-corrected chi connectivity index (χ1v) is 5.57. The summed E-state index contributed by atoms with van der Waals surface area (Å²) in [5.41, 5.74) is 0.973. The number of carbonyl (C=O) groups is 1.